The zero-order valence-corrected chi connectivity index (χ0v) is 19.7. The van der Waals surface area contributed by atoms with E-state index in [4.69, 9.17) is 0 Å². The topological polar surface area (TPSA) is 65.5 Å². The molecule has 0 unspecified atom stereocenters. The summed E-state index contributed by atoms with van der Waals surface area (Å²) < 4.78 is 15.2. The molecule has 2 aromatic carbocycles. The molecule has 2 amide bonds. The normalized spacial score (nSPS) is 18.2. The van der Waals surface area contributed by atoms with E-state index in [-0.39, 0.29) is 11.1 Å². The van der Waals surface area contributed by atoms with Crippen LogP contribution in [0.2, 0.25) is 0 Å². The molecule has 0 radical (unpaired) electrons. The minimum atomic E-state index is -0.406. The van der Waals surface area contributed by atoms with Crippen molar-refractivity contribution in [2.45, 2.75) is 13.3 Å². The third-order valence-electron chi connectivity index (χ3n) is 6.20. The van der Waals surface area contributed by atoms with E-state index in [1.807, 2.05) is 36.4 Å². The summed E-state index contributed by atoms with van der Waals surface area (Å²) in [6.07, 6.45) is 4.44. The van der Waals surface area contributed by atoms with Gasteiger partial charge in [-0.1, -0.05) is 25.1 Å². The van der Waals surface area contributed by atoms with Gasteiger partial charge >= 0.3 is 0 Å². The van der Waals surface area contributed by atoms with Crippen LogP contribution in [-0.2, 0) is 4.79 Å². The molecule has 6 nitrogen and oxygen atoms in total. The number of piperazine rings is 1. The van der Waals surface area contributed by atoms with Gasteiger partial charge in [0.15, 0.2) is 0 Å². The van der Waals surface area contributed by atoms with Crippen molar-refractivity contribution in [2.24, 2.45) is 0 Å². The van der Waals surface area contributed by atoms with Crippen LogP contribution in [0.25, 0.3) is 28.1 Å². The smallest absolute Gasteiger partial charge is 0.290 e. The third-order valence-corrected chi connectivity index (χ3v) is 7.01. The van der Waals surface area contributed by atoms with E-state index in [0.717, 1.165) is 72.9 Å². The molecule has 2 saturated heterocycles. The predicted octanol–water partition coefficient (Wildman–Crippen LogP) is 4.90. The number of hydrogen-bond donors (Lipinski definition) is 1. The number of anilines is 1. The van der Waals surface area contributed by atoms with Crippen molar-refractivity contribution in [3.8, 4) is 11.1 Å². The molecular formula is C26H25FN4O2S. The number of nitrogens with one attached hydrogen (secondary N) is 1. The van der Waals surface area contributed by atoms with Crippen LogP contribution >= 0.6 is 11.8 Å². The Morgan fingerprint density at radius 1 is 1.12 bits per heavy atom. The van der Waals surface area contributed by atoms with Gasteiger partial charge in [-0.05, 0) is 71.8 Å². The zero-order chi connectivity index (χ0) is 23.7. The molecule has 0 saturated carbocycles. The highest BCUT2D eigenvalue weighted by Crippen LogP contribution is 2.33. The fraction of sp³-hybridized carbons (Fsp3) is 0.269. The minimum Gasteiger partial charge on any atom is -0.367 e. The first-order valence-corrected chi connectivity index (χ1v) is 12.2. The minimum absolute atomic E-state index is 0.234. The molecule has 3 heterocycles. The van der Waals surface area contributed by atoms with E-state index < -0.39 is 5.91 Å². The van der Waals surface area contributed by atoms with E-state index >= 15 is 4.39 Å². The lowest BCUT2D eigenvalue weighted by Crippen LogP contribution is -2.46. The highest BCUT2D eigenvalue weighted by atomic mass is 32.2. The highest BCUT2D eigenvalue weighted by Gasteiger charge is 2.25. The Labute approximate surface area is 201 Å². The summed E-state index contributed by atoms with van der Waals surface area (Å²) in [5.41, 5.74) is 3.75. The van der Waals surface area contributed by atoms with Gasteiger partial charge < -0.3 is 4.90 Å². The molecule has 0 spiro atoms. The Balaban J connectivity index is 1.45. The molecule has 2 fully saturated rings. The summed E-state index contributed by atoms with van der Waals surface area (Å²) in [6.45, 7) is 6.80. The van der Waals surface area contributed by atoms with Crippen LogP contribution in [0.1, 0.15) is 18.9 Å². The number of carbonyl (C=O) groups excluding carboxylic acids is 2. The van der Waals surface area contributed by atoms with E-state index in [1.165, 1.54) is 0 Å². The molecular weight excluding hydrogens is 451 g/mol. The monoisotopic (exact) mass is 476 g/mol. The van der Waals surface area contributed by atoms with E-state index in [0.29, 0.717) is 16.2 Å². The van der Waals surface area contributed by atoms with Crippen LogP contribution in [0, 0.1) is 5.82 Å². The van der Waals surface area contributed by atoms with Crippen molar-refractivity contribution < 1.29 is 14.0 Å². The van der Waals surface area contributed by atoms with Gasteiger partial charge in [-0.2, -0.15) is 0 Å². The van der Waals surface area contributed by atoms with E-state index in [2.05, 4.69) is 27.0 Å². The van der Waals surface area contributed by atoms with Gasteiger partial charge in [0.25, 0.3) is 11.1 Å². The van der Waals surface area contributed by atoms with Crippen LogP contribution in [0.5, 0.6) is 0 Å². The molecule has 0 atom stereocenters. The van der Waals surface area contributed by atoms with Crippen LogP contribution in [-0.4, -0.2) is 53.8 Å². The van der Waals surface area contributed by atoms with Gasteiger partial charge in [0, 0.05) is 37.8 Å². The zero-order valence-electron chi connectivity index (χ0n) is 18.9. The first-order chi connectivity index (χ1) is 16.5. The quantitative estimate of drug-likeness (QED) is 0.529. The van der Waals surface area contributed by atoms with Gasteiger partial charge in [0.05, 0.1) is 16.1 Å². The van der Waals surface area contributed by atoms with Crippen molar-refractivity contribution >= 4 is 45.6 Å². The predicted molar refractivity (Wildman–Crippen MR) is 135 cm³/mol. The number of rotatable bonds is 5. The van der Waals surface area contributed by atoms with Gasteiger partial charge in [-0.25, -0.2) is 4.39 Å². The first-order valence-electron chi connectivity index (χ1n) is 11.4. The number of thioether (sulfide) groups is 1. The van der Waals surface area contributed by atoms with Crippen molar-refractivity contribution in [2.75, 3.05) is 37.6 Å². The number of benzene rings is 2. The maximum atomic E-state index is 15.2. The van der Waals surface area contributed by atoms with Crippen molar-refractivity contribution in [1.29, 1.82) is 0 Å². The number of amides is 2. The summed E-state index contributed by atoms with van der Waals surface area (Å²) >= 11 is 0.871. The van der Waals surface area contributed by atoms with Crippen LogP contribution in [0.15, 0.2) is 53.6 Å². The van der Waals surface area contributed by atoms with Gasteiger partial charge in [0.1, 0.15) is 5.82 Å². The Morgan fingerprint density at radius 3 is 2.65 bits per heavy atom. The number of hydrogen-bond acceptors (Lipinski definition) is 6. The summed E-state index contributed by atoms with van der Waals surface area (Å²) in [7, 11) is 0. The Morgan fingerprint density at radius 2 is 1.94 bits per heavy atom. The first kappa shape index (κ1) is 22.6. The van der Waals surface area contributed by atoms with Crippen LogP contribution in [0.3, 0.4) is 0 Å². The molecule has 34 heavy (non-hydrogen) atoms. The molecule has 1 aromatic heterocycles. The molecule has 0 aliphatic carbocycles. The Hall–Kier alpha value is -3.23. The number of halogens is 1. The van der Waals surface area contributed by atoms with Gasteiger partial charge in [-0.3, -0.25) is 24.8 Å². The van der Waals surface area contributed by atoms with Gasteiger partial charge in [0.2, 0.25) is 0 Å². The lowest BCUT2D eigenvalue weighted by Gasteiger charge is -2.36. The molecule has 174 valence electrons. The van der Waals surface area contributed by atoms with E-state index in [9.17, 15) is 9.59 Å². The van der Waals surface area contributed by atoms with Crippen molar-refractivity contribution in [1.82, 2.24) is 15.2 Å². The Kier molecular flexibility index (Phi) is 6.34. The summed E-state index contributed by atoms with van der Waals surface area (Å²) in [5.74, 6) is -0.640. The maximum absolute atomic E-state index is 15.2. The van der Waals surface area contributed by atoms with Crippen LogP contribution < -0.4 is 10.2 Å². The number of aromatic nitrogens is 1. The number of nitrogens with zero attached hydrogens (tertiary/aromatic N) is 3. The molecule has 2 aliphatic heterocycles. The molecule has 8 heteroatoms. The van der Waals surface area contributed by atoms with Crippen LogP contribution in [0.4, 0.5) is 14.9 Å². The fourth-order valence-corrected chi connectivity index (χ4v) is 5.21. The summed E-state index contributed by atoms with van der Waals surface area (Å²) in [5, 5.41) is 2.73. The molecule has 0 bridgehead atoms. The molecule has 5 rings (SSSR count). The average molecular weight is 477 g/mol. The largest absolute Gasteiger partial charge is 0.367 e. The maximum Gasteiger partial charge on any atom is 0.290 e. The number of fused-ring (bicyclic) bond motifs is 1. The van der Waals surface area contributed by atoms with Gasteiger partial charge in [-0.15, -0.1) is 0 Å². The average Bonchev–Trinajstić information content (AvgIpc) is 3.15. The number of pyridine rings is 1. The molecule has 3 aromatic rings. The lowest BCUT2D eigenvalue weighted by atomic mass is 9.99. The second kappa shape index (κ2) is 9.56. The summed E-state index contributed by atoms with van der Waals surface area (Å²) in [6, 6.07) is 13.1. The van der Waals surface area contributed by atoms with E-state index in [1.54, 1.807) is 18.3 Å². The molecule has 2 aliphatic rings. The standard InChI is InChI=1S/C26H25FN4O2S/c1-2-8-30-9-11-31(12-10-30)23-7-6-18(15-21(23)27)19-4-3-5-22-20(19)13-17(16-28-22)14-24-25(32)29-26(33)34-24/h3-7,13-16H,2,8-12H2,1H3,(H,29,32,33). The second-order valence-corrected chi connectivity index (χ2v) is 9.50. The SMILES string of the molecule is CCCN1CCN(c2ccc(-c3cccc4ncc(C=C5SC(=O)NC5=O)cc34)cc2F)CC1. The Bertz CT molecular complexity index is 1300. The summed E-state index contributed by atoms with van der Waals surface area (Å²) in [4.78, 5) is 32.7. The highest BCUT2D eigenvalue weighted by molar-refractivity contribution is 8.18. The molecule has 1 N–H and O–H groups in total. The number of carbonyl (C=O) groups is 2. The third kappa shape index (κ3) is 4.56. The second-order valence-electron chi connectivity index (χ2n) is 8.49. The lowest BCUT2D eigenvalue weighted by molar-refractivity contribution is -0.115. The fourth-order valence-electron chi connectivity index (χ4n) is 4.53. The number of imide groups is 1. The van der Waals surface area contributed by atoms with Crippen molar-refractivity contribution in [3.63, 3.8) is 0 Å². The van der Waals surface area contributed by atoms with Crippen molar-refractivity contribution in [3.05, 3.63) is 64.9 Å².